The number of nitrogens with zero attached hydrogens (tertiary/aromatic N) is 1. The van der Waals surface area contributed by atoms with E-state index in [1.54, 1.807) is 17.4 Å². The van der Waals surface area contributed by atoms with Crippen molar-refractivity contribution in [2.45, 2.75) is 19.4 Å². The second-order valence-corrected chi connectivity index (χ2v) is 4.84. The van der Waals surface area contributed by atoms with Crippen LogP contribution in [-0.2, 0) is 6.42 Å². The molecule has 1 aromatic carbocycles. The first-order valence-electron chi connectivity index (χ1n) is 5.62. The van der Waals surface area contributed by atoms with E-state index in [0.29, 0.717) is 6.42 Å². The highest BCUT2D eigenvalue weighted by Crippen LogP contribution is 2.16. The van der Waals surface area contributed by atoms with Crippen LogP contribution in [0, 0.1) is 5.82 Å². The van der Waals surface area contributed by atoms with Gasteiger partial charge in [0, 0.05) is 17.1 Å². The minimum absolute atomic E-state index is 0.125. The van der Waals surface area contributed by atoms with Crippen LogP contribution in [0.4, 0.5) is 4.39 Å². The van der Waals surface area contributed by atoms with E-state index < -0.39 is 0 Å². The van der Waals surface area contributed by atoms with Crippen LogP contribution in [0.5, 0.6) is 0 Å². The van der Waals surface area contributed by atoms with Crippen molar-refractivity contribution in [2.24, 2.45) is 0 Å². The van der Waals surface area contributed by atoms with Crippen molar-refractivity contribution < 1.29 is 4.39 Å². The third-order valence-corrected chi connectivity index (χ3v) is 3.64. The first kappa shape index (κ1) is 12.2. The van der Waals surface area contributed by atoms with Crippen LogP contribution in [-0.4, -0.2) is 11.5 Å². The molecule has 0 saturated carbocycles. The van der Waals surface area contributed by atoms with Gasteiger partial charge in [0.05, 0.1) is 5.51 Å². The average molecular weight is 250 g/mol. The maximum Gasteiger partial charge on any atom is 0.126 e. The molecule has 2 nitrogen and oxygen atoms in total. The predicted octanol–water partition coefficient (Wildman–Crippen LogP) is 3.18. The predicted molar refractivity (Wildman–Crippen MR) is 68.6 cm³/mol. The molecule has 2 rings (SSSR count). The van der Waals surface area contributed by atoms with Crippen LogP contribution in [0.15, 0.2) is 36.0 Å². The quantitative estimate of drug-likeness (QED) is 0.881. The Balaban J connectivity index is 1.82. The molecule has 1 N–H and O–H groups in total. The summed E-state index contributed by atoms with van der Waals surface area (Å²) in [4.78, 5) is 5.25. The van der Waals surface area contributed by atoms with E-state index in [-0.39, 0.29) is 11.9 Å². The molecule has 2 aromatic rings. The molecule has 0 spiro atoms. The maximum atomic E-state index is 13.4. The van der Waals surface area contributed by atoms with Gasteiger partial charge < -0.3 is 5.32 Å². The Hall–Kier alpha value is -1.26. The number of nitrogens with one attached hydrogen (secondary N) is 1. The Kier molecular flexibility index (Phi) is 4.23. The van der Waals surface area contributed by atoms with E-state index in [1.807, 2.05) is 23.8 Å². The molecule has 4 heteroatoms. The lowest BCUT2D eigenvalue weighted by Crippen LogP contribution is -2.20. The van der Waals surface area contributed by atoms with E-state index in [9.17, 15) is 4.39 Å². The maximum absolute atomic E-state index is 13.4. The largest absolute Gasteiger partial charge is 0.309 e. The molecule has 0 aliphatic carbocycles. The standard InChI is InChI=1S/C13H15FN2S/c1-10(13-8-15-9-17-13)16-7-6-11-4-2-3-5-12(11)14/h2-5,8-10,16H,6-7H2,1H3. The lowest BCUT2D eigenvalue weighted by Gasteiger charge is -2.11. The average Bonchev–Trinajstić information content (AvgIpc) is 2.85. The van der Waals surface area contributed by atoms with Crippen molar-refractivity contribution in [2.75, 3.05) is 6.54 Å². The number of hydrogen-bond acceptors (Lipinski definition) is 3. The Morgan fingerprint density at radius 1 is 1.41 bits per heavy atom. The van der Waals surface area contributed by atoms with Gasteiger partial charge in [0.1, 0.15) is 5.82 Å². The van der Waals surface area contributed by atoms with Gasteiger partial charge in [-0.25, -0.2) is 4.39 Å². The van der Waals surface area contributed by atoms with Gasteiger partial charge in [0.2, 0.25) is 0 Å². The topological polar surface area (TPSA) is 24.9 Å². The summed E-state index contributed by atoms with van der Waals surface area (Å²) < 4.78 is 13.4. The van der Waals surface area contributed by atoms with Crippen molar-refractivity contribution in [3.63, 3.8) is 0 Å². The minimum Gasteiger partial charge on any atom is -0.309 e. The number of thiazole rings is 1. The molecule has 90 valence electrons. The normalized spacial score (nSPS) is 12.6. The second kappa shape index (κ2) is 5.89. The molecule has 1 atom stereocenters. The molecular formula is C13H15FN2S. The molecule has 0 bridgehead atoms. The van der Waals surface area contributed by atoms with Crippen LogP contribution >= 0.6 is 11.3 Å². The van der Waals surface area contributed by atoms with Crippen LogP contribution in [0.1, 0.15) is 23.4 Å². The molecule has 1 aromatic heterocycles. The van der Waals surface area contributed by atoms with E-state index in [4.69, 9.17) is 0 Å². The highest BCUT2D eigenvalue weighted by molar-refractivity contribution is 7.09. The summed E-state index contributed by atoms with van der Waals surface area (Å²) in [6.45, 7) is 2.86. The monoisotopic (exact) mass is 250 g/mol. The highest BCUT2D eigenvalue weighted by Gasteiger charge is 2.06. The van der Waals surface area contributed by atoms with Gasteiger partial charge in [-0.3, -0.25) is 4.98 Å². The Morgan fingerprint density at radius 3 is 2.94 bits per heavy atom. The SMILES string of the molecule is CC(NCCc1ccccc1F)c1cncs1. The fourth-order valence-corrected chi connectivity index (χ4v) is 2.32. The number of hydrogen-bond donors (Lipinski definition) is 1. The van der Waals surface area contributed by atoms with E-state index in [2.05, 4.69) is 17.2 Å². The lowest BCUT2D eigenvalue weighted by atomic mass is 10.1. The summed E-state index contributed by atoms with van der Waals surface area (Å²) >= 11 is 1.63. The minimum atomic E-state index is -0.125. The smallest absolute Gasteiger partial charge is 0.126 e. The van der Waals surface area contributed by atoms with Crippen LogP contribution < -0.4 is 5.32 Å². The van der Waals surface area contributed by atoms with E-state index in [1.165, 1.54) is 10.9 Å². The van der Waals surface area contributed by atoms with Crippen molar-refractivity contribution in [3.8, 4) is 0 Å². The molecule has 0 fully saturated rings. The Labute approximate surface area is 105 Å². The van der Waals surface area contributed by atoms with Crippen molar-refractivity contribution in [1.82, 2.24) is 10.3 Å². The second-order valence-electron chi connectivity index (χ2n) is 3.92. The van der Waals surface area contributed by atoms with Crippen LogP contribution in [0.25, 0.3) is 0 Å². The van der Waals surface area contributed by atoms with Crippen molar-refractivity contribution in [1.29, 1.82) is 0 Å². The van der Waals surface area contributed by atoms with Crippen LogP contribution in [0.2, 0.25) is 0 Å². The summed E-state index contributed by atoms with van der Waals surface area (Å²) in [6.07, 6.45) is 2.57. The lowest BCUT2D eigenvalue weighted by molar-refractivity contribution is 0.564. The molecule has 0 saturated heterocycles. The van der Waals surface area contributed by atoms with Gasteiger partial charge >= 0.3 is 0 Å². The van der Waals surface area contributed by atoms with Gasteiger partial charge in [-0.2, -0.15) is 0 Å². The van der Waals surface area contributed by atoms with Gasteiger partial charge in [0.15, 0.2) is 0 Å². The first-order chi connectivity index (χ1) is 8.27. The third kappa shape index (κ3) is 3.35. The van der Waals surface area contributed by atoms with Gasteiger partial charge in [0.25, 0.3) is 0 Å². The van der Waals surface area contributed by atoms with Gasteiger partial charge in [-0.05, 0) is 31.5 Å². The third-order valence-electron chi connectivity index (χ3n) is 2.68. The van der Waals surface area contributed by atoms with Crippen LogP contribution in [0.3, 0.4) is 0 Å². The zero-order valence-corrected chi connectivity index (χ0v) is 10.5. The Morgan fingerprint density at radius 2 is 2.24 bits per heavy atom. The summed E-state index contributed by atoms with van der Waals surface area (Å²) in [6, 6.07) is 7.18. The van der Waals surface area contributed by atoms with E-state index >= 15 is 0 Å². The number of halogens is 1. The molecule has 1 unspecified atom stereocenters. The summed E-state index contributed by atoms with van der Waals surface area (Å²) in [5.74, 6) is -0.125. The molecule has 17 heavy (non-hydrogen) atoms. The molecule has 0 aliphatic heterocycles. The fraction of sp³-hybridized carbons (Fsp3) is 0.308. The molecule has 1 heterocycles. The summed E-state index contributed by atoms with van der Waals surface area (Å²) in [7, 11) is 0. The summed E-state index contributed by atoms with van der Waals surface area (Å²) in [5, 5.41) is 3.36. The zero-order valence-electron chi connectivity index (χ0n) is 9.69. The van der Waals surface area contributed by atoms with E-state index in [0.717, 1.165) is 12.1 Å². The number of rotatable bonds is 5. The van der Waals surface area contributed by atoms with Gasteiger partial charge in [-0.15, -0.1) is 11.3 Å². The Bertz CT molecular complexity index is 456. The van der Waals surface area contributed by atoms with Crippen molar-refractivity contribution in [3.05, 3.63) is 52.2 Å². The fourth-order valence-electron chi connectivity index (χ4n) is 1.66. The first-order valence-corrected chi connectivity index (χ1v) is 6.50. The number of benzene rings is 1. The molecule has 0 amide bonds. The summed E-state index contributed by atoms with van der Waals surface area (Å²) in [5.41, 5.74) is 2.58. The van der Waals surface area contributed by atoms with Gasteiger partial charge in [-0.1, -0.05) is 18.2 Å². The highest BCUT2D eigenvalue weighted by atomic mass is 32.1. The van der Waals surface area contributed by atoms with Crippen molar-refractivity contribution >= 4 is 11.3 Å². The molecule has 0 radical (unpaired) electrons. The number of aromatic nitrogens is 1. The zero-order chi connectivity index (χ0) is 12.1. The molecular weight excluding hydrogens is 235 g/mol. The molecule has 0 aliphatic rings.